The van der Waals surface area contributed by atoms with Crippen LogP contribution in [0.5, 0.6) is 5.75 Å². The van der Waals surface area contributed by atoms with Crippen molar-refractivity contribution in [3.05, 3.63) is 36.4 Å². The molecule has 0 aliphatic carbocycles. The summed E-state index contributed by atoms with van der Waals surface area (Å²) in [4.78, 5) is 10.6. The highest BCUT2D eigenvalue weighted by Crippen LogP contribution is 2.19. The molecule has 0 spiro atoms. The number of carboxylic acids is 1. The zero-order chi connectivity index (χ0) is 10.7. The lowest BCUT2D eigenvalue weighted by Gasteiger charge is -2.10. The predicted molar refractivity (Wildman–Crippen MR) is 52.8 cm³/mol. The summed E-state index contributed by atoms with van der Waals surface area (Å²) in [5.74, 6) is -1.08. The molecule has 1 aromatic carbocycles. The van der Waals surface area contributed by atoms with E-state index < -0.39 is 12.0 Å². The van der Waals surface area contributed by atoms with Crippen molar-refractivity contribution in [3.63, 3.8) is 0 Å². The molecule has 1 rings (SSSR count). The molecule has 4 N–H and O–H groups in total. The Morgan fingerprint density at radius 1 is 1.50 bits per heavy atom. The summed E-state index contributed by atoms with van der Waals surface area (Å²) in [7, 11) is 0. The Morgan fingerprint density at radius 3 is 2.64 bits per heavy atom. The van der Waals surface area contributed by atoms with Crippen molar-refractivity contribution in [2.75, 3.05) is 0 Å². The minimum atomic E-state index is -1.14. The molecule has 1 aromatic rings. The molecule has 74 valence electrons. The molecule has 0 bridgehead atoms. The third-order valence-electron chi connectivity index (χ3n) is 1.86. The average molecular weight is 193 g/mol. The molecule has 0 aliphatic rings. The van der Waals surface area contributed by atoms with Gasteiger partial charge in [-0.3, -0.25) is 4.79 Å². The number of aromatic hydroxyl groups is 1. The predicted octanol–water partition coefficient (Wildman–Crippen LogP) is 0.817. The van der Waals surface area contributed by atoms with Crippen LogP contribution >= 0.6 is 0 Å². The minimum Gasteiger partial charge on any atom is -0.508 e. The summed E-state index contributed by atoms with van der Waals surface area (Å²) in [5, 5.41) is 17.8. The smallest absolute Gasteiger partial charge is 0.325 e. The van der Waals surface area contributed by atoms with Gasteiger partial charge < -0.3 is 15.9 Å². The molecule has 1 unspecified atom stereocenters. The first-order chi connectivity index (χ1) is 6.52. The van der Waals surface area contributed by atoms with Gasteiger partial charge in [0.2, 0.25) is 0 Å². The van der Waals surface area contributed by atoms with E-state index in [1.807, 2.05) is 0 Å². The second-order valence-corrected chi connectivity index (χ2v) is 2.89. The van der Waals surface area contributed by atoms with Crippen molar-refractivity contribution in [1.29, 1.82) is 0 Å². The molecule has 0 aliphatic heterocycles. The van der Waals surface area contributed by atoms with Crippen molar-refractivity contribution >= 4 is 11.5 Å². The molecule has 0 radical (unpaired) electrons. The van der Waals surface area contributed by atoms with Crippen LogP contribution in [0.1, 0.15) is 5.56 Å². The van der Waals surface area contributed by atoms with Gasteiger partial charge in [-0.2, -0.15) is 0 Å². The van der Waals surface area contributed by atoms with E-state index in [9.17, 15) is 4.79 Å². The molecule has 0 fully saturated rings. The van der Waals surface area contributed by atoms with Crippen molar-refractivity contribution in [3.8, 4) is 5.75 Å². The van der Waals surface area contributed by atoms with Crippen molar-refractivity contribution in [2.24, 2.45) is 5.73 Å². The van der Waals surface area contributed by atoms with Crippen LogP contribution in [0.3, 0.4) is 0 Å². The van der Waals surface area contributed by atoms with Crippen LogP contribution in [-0.4, -0.2) is 22.2 Å². The fourth-order valence-electron chi connectivity index (χ4n) is 1.03. The van der Waals surface area contributed by atoms with Gasteiger partial charge in [0.15, 0.2) is 0 Å². The highest BCUT2D eigenvalue weighted by atomic mass is 16.4. The van der Waals surface area contributed by atoms with Gasteiger partial charge in [-0.15, -0.1) is 0 Å². The van der Waals surface area contributed by atoms with E-state index in [2.05, 4.69) is 6.58 Å². The number of benzene rings is 1. The Labute approximate surface area is 81.3 Å². The lowest BCUT2D eigenvalue weighted by Crippen LogP contribution is -2.30. The van der Waals surface area contributed by atoms with Crippen molar-refractivity contribution in [2.45, 2.75) is 6.04 Å². The van der Waals surface area contributed by atoms with Crippen molar-refractivity contribution in [1.82, 2.24) is 0 Å². The maximum atomic E-state index is 10.6. The highest BCUT2D eigenvalue weighted by Gasteiger charge is 2.16. The zero-order valence-corrected chi connectivity index (χ0v) is 7.47. The Balaban J connectivity index is 2.95. The van der Waals surface area contributed by atoms with Gasteiger partial charge in [0, 0.05) is 0 Å². The molecule has 4 nitrogen and oxygen atoms in total. The maximum Gasteiger partial charge on any atom is 0.325 e. The summed E-state index contributed by atoms with van der Waals surface area (Å²) in [6.07, 6.45) is 0. The number of phenols is 1. The average Bonchev–Trinajstić information content (AvgIpc) is 2.15. The van der Waals surface area contributed by atoms with Crippen LogP contribution in [0.25, 0.3) is 5.57 Å². The number of carbonyl (C=O) groups is 1. The van der Waals surface area contributed by atoms with Gasteiger partial charge in [-0.25, -0.2) is 0 Å². The topological polar surface area (TPSA) is 83.5 Å². The van der Waals surface area contributed by atoms with Crippen LogP contribution in [0.4, 0.5) is 0 Å². The molecule has 1 atom stereocenters. The van der Waals surface area contributed by atoms with E-state index in [4.69, 9.17) is 15.9 Å². The SMILES string of the molecule is C=C(c1cccc(O)c1)C(N)C(=O)O. The largest absolute Gasteiger partial charge is 0.508 e. The lowest BCUT2D eigenvalue weighted by molar-refractivity contribution is -0.137. The Hall–Kier alpha value is -1.81. The highest BCUT2D eigenvalue weighted by molar-refractivity contribution is 5.90. The first-order valence-electron chi connectivity index (χ1n) is 3.99. The third-order valence-corrected chi connectivity index (χ3v) is 1.86. The molecule has 0 saturated carbocycles. The first kappa shape index (κ1) is 10.3. The Bertz CT molecular complexity index is 373. The Kier molecular flexibility index (Phi) is 2.89. The molecule has 4 heteroatoms. The fraction of sp³-hybridized carbons (Fsp3) is 0.100. The van der Waals surface area contributed by atoms with E-state index in [0.717, 1.165) is 0 Å². The maximum absolute atomic E-state index is 10.6. The molecule has 0 amide bonds. The van der Waals surface area contributed by atoms with Gasteiger partial charge in [-0.1, -0.05) is 18.7 Å². The summed E-state index contributed by atoms with van der Waals surface area (Å²) < 4.78 is 0. The van der Waals surface area contributed by atoms with E-state index in [-0.39, 0.29) is 11.3 Å². The van der Waals surface area contributed by atoms with Crippen LogP contribution < -0.4 is 5.73 Å². The van der Waals surface area contributed by atoms with Crippen LogP contribution in [-0.2, 0) is 4.79 Å². The number of phenolic OH excluding ortho intramolecular Hbond substituents is 1. The second kappa shape index (κ2) is 3.93. The van der Waals surface area contributed by atoms with Gasteiger partial charge in [-0.05, 0) is 23.3 Å². The van der Waals surface area contributed by atoms with Crippen LogP contribution in [0, 0.1) is 0 Å². The first-order valence-corrected chi connectivity index (χ1v) is 3.99. The van der Waals surface area contributed by atoms with Gasteiger partial charge in [0.25, 0.3) is 0 Å². The van der Waals surface area contributed by atoms with Crippen LogP contribution in [0.15, 0.2) is 30.8 Å². The Morgan fingerprint density at radius 2 is 2.14 bits per heavy atom. The quantitative estimate of drug-likeness (QED) is 0.663. The second-order valence-electron chi connectivity index (χ2n) is 2.89. The summed E-state index contributed by atoms with van der Waals surface area (Å²) in [5.41, 5.74) is 6.16. The molecular formula is C10H11NO3. The fourth-order valence-corrected chi connectivity index (χ4v) is 1.03. The number of hydrogen-bond donors (Lipinski definition) is 3. The number of carboxylic acid groups (broad SMARTS) is 1. The van der Waals surface area contributed by atoms with E-state index >= 15 is 0 Å². The molecule has 0 aromatic heterocycles. The van der Waals surface area contributed by atoms with Gasteiger partial charge >= 0.3 is 5.97 Å². The van der Waals surface area contributed by atoms with Crippen LogP contribution in [0.2, 0.25) is 0 Å². The molecule has 0 heterocycles. The number of aliphatic carboxylic acids is 1. The van der Waals surface area contributed by atoms with E-state index in [1.165, 1.54) is 12.1 Å². The summed E-state index contributed by atoms with van der Waals surface area (Å²) >= 11 is 0. The zero-order valence-electron chi connectivity index (χ0n) is 7.47. The monoisotopic (exact) mass is 193 g/mol. The molecule has 0 saturated heterocycles. The molecular weight excluding hydrogens is 182 g/mol. The minimum absolute atomic E-state index is 0.0567. The van der Waals surface area contributed by atoms with Crippen molar-refractivity contribution < 1.29 is 15.0 Å². The molecule has 14 heavy (non-hydrogen) atoms. The number of nitrogens with two attached hydrogens (primary N) is 1. The van der Waals surface area contributed by atoms with Gasteiger partial charge in [0.1, 0.15) is 11.8 Å². The van der Waals surface area contributed by atoms with E-state index in [0.29, 0.717) is 5.56 Å². The lowest BCUT2D eigenvalue weighted by atomic mass is 10.0. The summed E-state index contributed by atoms with van der Waals surface area (Å²) in [6, 6.07) is 5.01. The number of hydrogen-bond acceptors (Lipinski definition) is 3. The van der Waals surface area contributed by atoms with Gasteiger partial charge in [0.05, 0.1) is 0 Å². The summed E-state index contributed by atoms with van der Waals surface area (Å²) in [6.45, 7) is 3.57. The third kappa shape index (κ3) is 2.11. The van der Waals surface area contributed by atoms with E-state index in [1.54, 1.807) is 12.1 Å². The number of rotatable bonds is 3. The standard InChI is InChI=1S/C10H11NO3/c1-6(9(11)10(13)14)7-3-2-4-8(12)5-7/h2-5,9,12H,1,11H2,(H,13,14). The normalized spacial score (nSPS) is 12.1.